The van der Waals surface area contributed by atoms with E-state index >= 15 is 0 Å². The predicted octanol–water partition coefficient (Wildman–Crippen LogP) is 5.91. The van der Waals surface area contributed by atoms with Crippen molar-refractivity contribution in [2.45, 2.75) is 51.4 Å². The van der Waals surface area contributed by atoms with Gasteiger partial charge in [0.05, 0.1) is 16.4 Å². The van der Waals surface area contributed by atoms with Crippen LogP contribution in [0.5, 0.6) is 0 Å². The Balaban J connectivity index is 1.72. The lowest BCUT2D eigenvalue weighted by Gasteiger charge is -2.48. The molecule has 0 spiro atoms. The van der Waals surface area contributed by atoms with Crippen LogP contribution in [0.1, 0.15) is 57.2 Å². The number of para-hydroxylation sites is 2. The highest BCUT2D eigenvalue weighted by Crippen LogP contribution is 2.52. The molecule has 0 saturated carbocycles. The average Bonchev–Trinajstić information content (AvgIpc) is 3.22. The maximum atomic E-state index is 10.1. The van der Waals surface area contributed by atoms with Crippen LogP contribution in [0.15, 0.2) is 40.8 Å². The Morgan fingerprint density at radius 3 is 2.54 bits per heavy atom. The highest BCUT2D eigenvalue weighted by atomic mass is 16.3. The van der Waals surface area contributed by atoms with Crippen LogP contribution >= 0.6 is 0 Å². The van der Waals surface area contributed by atoms with Crippen LogP contribution in [0.3, 0.4) is 0 Å². The fourth-order valence-corrected chi connectivity index (χ4v) is 6.28. The molecule has 174 valence electrons. The molecule has 35 heavy (non-hydrogen) atoms. The number of anilines is 1. The Kier molecular flexibility index (Phi) is 3.77. The molecule has 2 aliphatic rings. The molecule has 0 amide bonds. The molecule has 0 bridgehead atoms. The van der Waals surface area contributed by atoms with E-state index < -0.39 is 0 Å². The summed E-state index contributed by atoms with van der Waals surface area (Å²) in [5, 5.41) is 20.8. The Morgan fingerprint density at radius 2 is 1.77 bits per heavy atom. The van der Waals surface area contributed by atoms with Gasteiger partial charge in [-0.3, -0.25) is 9.81 Å². The summed E-state index contributed by atoms with van der Waals surface area (Å²) >= 11 is 0. The third kappa shape index (κ3) is 2.53. The van der Waals surface area contributed by atoms with Crippen molar-refractivity contribution in [3.63, 3.8) is 0 Å². The van der Waals surface area contributed by atoms with Crippen LogP contribution in [0.25, 0.3) is 38.6 Å². The van der Waals surface area contributed by atoms with E-state index in [-0.39, 0.29) is 21.9 Å². The van der Waals surface area contributed by atoms with Crippen molar-refractivity contribution in [1.82, 2.24) is 9.38 Å². The van der Waals surface area contributed by atoms with Crippen LogP contribution in [0.2, 0.25) is 0 Å². The van der Waals surface area contributed by atoms with Gasteiger partial charge in [-0.25, -0.2) is 4.98 Å². The molecule has 5 heterocycles. The highest BCUT2D eigenvalue weighted by Gasteiger charge is 2.42. The number of pyridine rings is 1. The predicted molar refractivity (Wildman–Crippen MR) is 138 cm³/mol. The molecule has 5 aromatic rings. The number of imidazole rings is 1. The third-order valence-electron chi connectivity index (χ3n) is 8.37. The monoisotopic (exact) mass is 461 g/mol. The van der Waals surface area contributed by atoms with Gasteiger partial charge in [0.1, 0.15) is 17.2 Å². The first-order valence-electron chi connectivity index (χ1n) is 12.3. The second-order valence-corrected chi connectivity index (χ2v) is 11.4. The quantitative estimate of drug-likeness (QED) is 0.291. The van der Waals surface area contributed by atoms with Gasteiger partial charge >= 0.3 is 0 Å². The summed E-state index contributed by atoms with van der Waals surface area (Å²) in [6, 6.07) is 14.5. The topological polar surface area (TPSA) is 81.3 Å². The zero-order valence-electron chi connectivity index (χ0n) is 20.5. The first-order chi connectivity index (χ1) is 16.7. The van der Waals surface area contributed by atoms with Gasteiger partial charge in [-0.05, 0) is 53.5 Å². The lowest BCUT2D eigenvalue weighted by atomic mass is 9.69. The first kappa shape index (κ1) is 20.5. The van der Waals surface area contributed by atoms with Crippen molar-refractivity contribution in [1.29, 1.82) is 10.7 Å². The maximum absolute atomic E-state index is 10.1. The van der Waals surface area contributed by atoms with Crippen LogP contribution in [-0.2, 0) is 10.8 Å². The molecule has 1 N–H and O–H groups in total. The Bertz CT molecular complexity index is 1850. The number of fused-ring (bicyclic) bond motifs is 7. The third-order valence-corrected chi connectivity index (χ3v) is 8.37. The number of benzene rings is 2. The Morgan fingerprint density at radius 1 is 1.03 bits per heavy atom. The number of nitrogens with zero attached hydrogens (tertiary/aromatic N) is 4. The van der Waals surface area contributed by atoms with Crippen LogP contribution in [0, 0.1) is 16.7 Å². The van der Waals surface area contributed by atoms with Gasteiger partial charge in [0.25, 0.3) is 0 Å². The van der Waals surface area contributed by atoms with Crippen LogP contribution in [-0.4, -0.2) is 22.5 Å². The molecule has 2 aromatic carbocycles. The van der Waals surface area contributed by atoms with Crippen molar-refractivity contribution in [3.05, 3.63) is 58.6 Å². The molecule has 0 fully saturated rings. The number of aromatic nitrogens is 2. The molecule has 0 radical (unpaired) electrons. The van der Waals surface area contributed by atoms with Crippen molar-refractivity contribution < 1.29 is 4.42 Å². The van der Waals surface area contributed by atoms with Gasteiger partial charge in [-0.15, -0.1) is 0 Å². The fraction of sp³-hybridized carbons (Fsp3) is 0.345. The molecule has 0 unspecified atom stereocenters. The smallest absolute Gasteiger partial charge is 0.160 e. The molecular weight excluding hydrogens is 434 g/mol. The number of hydrogen-bond donors (Lipinski definition) is 1. The summed E-state index contributed by atoms with van der Waals surface area (Å²) in [6.07, 6.45) is 2.17. The molecule has 7 rings (SSSR count). The fourth-order valence-electron chi connectivity index (χ4n) is 6.28. The van der Waals surface area contributed by atoms with E-state index in [2.05, 4.69) is 50.8 Å². The lowest BCUT2D eigenvalue weighted by Crippen LogP contribution is -2.44. The summed E-state index contributed by atoms with van der Waals surface area (Å²) in [4.78, 5) is 7.38. The highest BCUT2D eigenvalue weighted by molar-refractivity contribution is 6.04. The second kappa shape index (κ2) is 6.42. The zero-order valence-corrected chi connectivity index (χ0v) is 20.5. The van der Waals surface area contributed by atoms with E-state index in [1.807, 2.05) is 24.3 Å². The average molecular weight is 462 g/mol. The van der Waals surface area contributed by atoms with E-state index in [0.717, 1.165) is 53.3 Å². The molecule has 0 atom stereocenters. The van der Waals surface area contributed by atoms with Gasteiger partial charge in [0.15, 0.2) is 16.7 Å². The van der Waals surface area contributed by atoms with Crippen molar-refractivity contribution in [3.8, 4) is 6.07 Å². The van der Waals surface area contributed by atoms with Gasteiger partial charge in [0.2, 0.25) is 0 Å². The first-order valence-corrected chi connectivity index (χ1v) is 12.3. The van der Waals surface area contributed by atoms with E-state index in [9.17, 15) is 5.26 Å². The molecular formula is C29H27N5O. The summed E-state index contributed by atoms with van der Waals surface area (Å²) < 4.78 is 8.48. The molecule has 2 aliphatic heterocycles. The van der Waals surface area contributed by atoms with Gasteiger partial charge in [-0.1, -0.05) is 39.8 Å². The Hall–Kier alpha value is -3.85. The van der Waals surface area contributed by atoms with E-state index in [0.29, 0.717) is 11.2 Å². The van der Waals surface area contributed by atoms with Crippen LogP contribution in [0.4, 0.5) is 5.69 Å². The minimum Gasteiger partial charge on any atom is -0.454 e. The standard InChI is InChI=1S/C29H27N5O/c1-28(2)9-11-33-12-10-29(3,4)22-23(33)19(28)14-16-13-17-25(35-24(16)22)18(15-30)26(31)34-21-8-6-5-7-20(21)32-27(17)34/h5-8,13-14,31H,9-12H2,1-4H3. The zero-order chi connectivity index (χ0) is 24.3. The molecule has 3 aromatic heterocycles. The van der Waals surface area contributed by atoms with Gasteiger partial charge in [0, 0.05) is 29.7 Å². The molecule has 6 nitrogen and oxygen atoms in total. The van der Waals surface area contributed by atoms with E-state index in [4.69, 9.17) is 14.8 Å². The van der Waals surface area contributed by atoms with Crippen molar-refractivity contribution >= 4 is 44.3 Å². The van der Waals surface area contributed by atoms with Crippen molar-refractivity contribution in [2.24, 2.45) is 0 Å². The molecule has 0 aliphatic carbocycles. The molecule has 6 heteroatoms. The number of nitrogens with one attached hydrogen (secondary N) is 1. The SMILES string of the molecule is CC1(C)CCN2CCC(C)(C)c3c2c1cc1cc2c(oc31)c(C#N)c(=N)n1c3ccccc3nc21. The minimum absolute atomic E-state index is 0.0621. The second-order valence-electron chi connectivity index (χ2n) is 11.4. The minimum atomic E-state index is -0.0621. The summed E-state index contributed by atoms with van der Waals surface area (Å²) in [6.45, 7) is 11.4. The van der Waals surface area contributed by atoms with Crippen LogP contribution < -0.4 is 10.4 Å². The lowest BCUT2D eigenvalue weighted by molar-refractivity contribution is 0.401. The van der Waals surface area contributed by atoms with Gasteiger partial charge in [-0.2, -0.15) is 5.26 Å². The largest absolute Gasteiger partial charge is 0.454 e. The molecule has 0 saturated heterocycles. The number of nitriles is 1. The van der Waals surface area contributed by atoms with Crippen molar-refractivity contribution in [2.75, 3.05) is 18.0 Å². The Labute approximate surface area is 202 Å². The van der Waals surface area contributed by atoms with E-state index in [1.165, 1.54) is 16.8 Å². The summed E-state index contributed by atoms with van der Waals surface area (Å²) in [5.74, 6) is 0. The normalized spacial score (nSPS) is 18.3. The summed E-state index contributed by atoms with van der Waals surface area (Å²) in [7, 11) is 0. The number of hydrogen-bond acceptors (Lipinski definition) is 5. The summed E-state index contributed by atoms with van der Waals surface area (Å²) in [5.41, 5.74) is 7.84. The van der Waals surface area contributed by atoms with E-state index in [1.54, 1.807) is 4.40 Å². The maximum Gasteiger partial charge on any atom is 0.160 e. The number of rotatable bonds is 0. The van der Waals surface area contributed by atoms with Gasteiger partial charge < -0.3 is 9.32 Å².